The molecule has 2 heterocycles. The molecule has 2 atom stereocenters. The summed E-state index contributed by atoms with van der Waals surface area (Å²) in [5.41, 5.74) is 2.14. The Balaban J connectivity index is 0.000000238. The summed E-state index contributed by atoms with van der Waals surface area (Å²) >= 11 is 0. The first-order valence-electron chi connectivity index (χ1n) is 20.2. The van der Waals surface area contributed by atoms with Gasteiger partial charge in [-0.25, -0.2) is 14.4 Å². The average molecular weight is 885 g/mol. The molecule has 0 spiro atoms. The Bertz CT molecular complexity index is 2060. The zero-order valence-electron chi connectivity index (χ0n) is 34.6. The Morgan fingerprint density at radius 3 is 1.51 bits per heavy atom. The van der Waals surface area contributed by atoms with Gasteiger partial charge in [0, 0.05) is 62.0 Å². The molecule has 0 radical (unpaired) electrons. The highest BCUT2D eigenvalue weighted by Crippen LogP contribution is 2.28. The van der Waals surface area contributed by atoms with Crippen molar-refractivity contribution in [2.24, 2.45) is 11.8 Å². The van der Waals surface area contributed by atoms with Crippen molar-refractivity contribution in [2.75, 3.05) is 73.4 Å². The third kappa shape index (κ3) is 15.8. The Labute approximate surface area is 362 Å². The van der Waals surface area contributed by atoms with Gasteiger partial charge in [-0.05, 0) is 117 Å². The number of benzene rings is 4. The van der Waals surface area contributed by atoms with Crippen molar-refractivity contribution >= 4 is 40.9 Å². The highest BCUT2D eigenvalue weighted by molar-refractivity contribution is 6.02. The number of piperidine rings is 2. The van der Waals surface area contributed by atoms with Crippen LogP contribution in [0.25, 0.3) is 0 Å². The molecule has 4 aromatic rings. The first-order chi connectivity index (χ1) is 30.1. The van der Waals surface area contributed by atoms with Gasteiger partial charge < -0.3 is 29.7 Å². The van der Waals surface area contributed by atoms with Crippen molar-refractivity contribution in [1.82, 2.24) is 9.80 Å². The normalized spacial score (nSPS) is 16.7. The van der Waals surface area contributed by atoms with Crippen LogP contribution >= 0.6 is 0 Å². The molecule has 338 valence electrons. The van der Waals surface area contributed by atoms with Crippen LogP contribution in [0.3, 0.4) is 0 Å². The lowest BCUT2D eigenvalue weighted by molar-refractivity contribution is -0.275. The maximum absolute atomic E-state index is 13.1. The summed E-state index contributed by atoms with van der Waals surface area (Å²) < 4.78 is 86.6. The van der Waals surface area contributed by atoms with Gasteiger partial charge >= 0.3 is 30.9 Å². The molecule has 0 aliphatic carbocycles. The smallest absolute Gasteiger partial charge is 0.453 e. The summed E-state index contributed by atoms with van der Waals surface area (Å²) in [5, 5.41) is 5.49. The average Bonchev–Trinajstić information content (AvgIpc) is 3.26. The van der Waals surface area contributed by atoms with Gasteiger partial charge in [-0.1, -0.05) is 42.5 Å². The van der Waals surface area contributed by atoms with Gasteiger partial charge in [-0.2, -0.15) is 0 Å². The Hall–Kier alpha value is -6.43. The van der Waals surface area contributed by atoms with E-state index in [1.165, 1.54) is 43.5 Å². The van der Waals surface area contributed by atoms with E-state index < -0.39 is 24.8 Å². The van der Waals surface area contributed by atoms with E-state index in [-0.39, 0.29) is 23.4 Å². The molecule has 5 amide bonds. The number of alkyl halides is 6. The fourth-order valence-corrected chi connectivity index (χ4v) is 7.36. The number of carbonyl (C=O) groups excluding carboxylic acids is 3. The summed E-state index contributed by atoms with van der Waals surface area (Å²) in [5.74, 6) is -0.367. The van der Waals surface area contributed by atoms with E-state index in [1.54, 1.807) is 39.0 Å². The maximum atomic E-state index is 13.1. The van der Waals surface area contributed by atoms with Crippen LogP contribution < -0.4 is 29.9 Å². The number of methoxy groups -OCH3 is 1. The van der Waals surface area contributed by atoms with E-state index in [4.69, 9.17) is 4.74 Å². The standard InChI is InChI=1S/C23H26F3N3O2.C22H24F3N3O4/c1-2-14-28-15-6-7-18(16-28)17-29(20-8-4-3-5-9-20)22(30)27-19-10-12-21(13-11-19)31-23(24,25)26;1-31-21(30)27-13-5-6-16(14-27)15-28(18-7-3-2-4-8-18)20(29)26-17-9-11-19(12-10-17)32-22(23,24)25/h2-5,8-13,18H,1,6-7,14-17H2,(H,27,30);2-4,7-12,16H,5-6,13-15H2,1H3,(H,26,29). The van der Waals surface area contributed by atoms with E-state index in [0.29, 0.717) is 49.2 Å². The molecule has 2 saturated heterocycles. The number of rotatable bonds is 12. The monoisotopic (exact) mass is 884 g/mol. The molecular weight excluding hydrogens is 835 g/mol. The molecule has 2 unspecified atom stereocenters. The topological polar surface area (TPSA) is 116 Å². The predicted octanol–water partition coefficient (Wildman–Crippen LogP) is 10.6. The number of amides is 5. The molecule has 0 bridgehead atoms. The SMILES string of the molecule is C=CCN1CCCC(CN(C(=O)Nc2ccc(OC(F)(F)F)cc2)c2ccccc2)C1.COC(=O)N1CCCC(CN(C(=O)Nc2ccc(OC(F)(F)F)cc2)c2ccccc2)C1. The molecule has 6 rings (SSSR count). The van der Waals surface area contributed by atoms with Crippen LogP contribution in [0, 0.1) is 11.8 Å². The first kappa shape index (κ1) is 47.6. The molecule has 2 aliphatic heterocycles. The summed E-state index contributed by atoms with van der Waals surface area (Å²) in [6.45, 7) is 8.49. The molecule has 2 fully saturated rings. The van der Waals surface area contributed by atoms with Crippen LogP contribution in [0.5, 0.6) is 11.5 Å². The second kappa shape index (κ2) is 22.6. The minimum Gasteiger partial charge on any atom is -0.453 e. The number of nitrogens with one attached hydrogen (secondary N) is 2. The molecule has 4 aromatic carbocycles. The Morgan fingerprint density at radius 1 is 0.667 bits per heavy atom. The number of likely N-dealkylation sites (tertiary alicyclic amines) is 2. The number of halogens is 6. The predicted molar refractivity (Wildman–Crippen MR) is 228 cm³/mol. The minimum absolute atomic E-state index is 0.0383. The third-order valence-electron chi connectivity index (χ3n) is 10.1. The maximum Gasteiger partial charge on any atom is 0.573 e. The lowest BCUT2D eigenvalue weighted by atomic mass is 9.97. The molecule has 2 aliphatic rings. The van der Waals surface area contributed by atoms with Crippen molar-refractivity contribution in [2.45, 2.75) is 38.4 Å². The van der Waals surface area contributed by atoms with Crippen molar-refractivity contribution < 1.29 is 54.9 Å². The highest BCUT2D eigenvalue weighted by Gasteiger charge is 2.33. The van der Waals surface area contributed by atoms with Crippen LogP contribution in [0.1, 0.15) is 25.7 Å². The van der Waals surface area contributed by atoms with E-state index in [0.717, 1.165) is 63.1 Å². The largest absolute Gasteiger partial charge is 0.573 e. The van der Waals surface area contributed by atoms with Crippen LogP contribution in [-0.2, 0) is 4.74 Å². The van der Waals surface area contributed by atoms with Crippen molar-refractivity contribution in [3.05, 3.63) is 122 Å². The molecule has 2 N–H and O–H groups in total. The number of nitrogens with zero attached hydrogens (tertiary/aromatic N) is 4. The number of para-hydroxylation sites is 2. The fraction of sp³-hybridized carbons (Fsp3) is 0.356. The summed E-state index contributed by atoms with van der Waals surface area (Å²) in [4.78, 5) is 45.2. The van der Waals surface area contributed by atoms with Gasteiger partial charge in [0.05, 0.1) is 7.11 Å². The van der Waals surface area contributed by atoms with E-state index in [9.17, 15) is 40.7 Å². The second-order valence-electron chi connectivity index (χ2n) is 14.9. The zero-order valence-corrected chi connectivity index (χ0v) is 34.6. The molecule has 12 nitrogen and oxygen atoms in total. The third-order valence-corrected chi connectivity index (χ3v) is 10.1. The van der Waals surface area contributed by atoms with Gasteiger partial charge in [0.15, 0.2) is 0 Å². The van der Waals surface area contributed by atoms with Gasteiger partial charge in [-0.15, -0.1) is 32.9 Å². The zero-order chi connectivity index (χ0) is 45.4. The van der Waals surface area contributed by atoms with Crippen molar-refractivity contribution in [1.29, 1.82) is 0 Å². The quantitative estimate of drug-likeness (QED) is 0.108. The van der Waals surface area contributed by atoms with Crippen molar-refractivity contribution in [3.8, 4) is 11.5 Å². The fourth-order valence-electron chi connectivity index (χ4n) is 7.36. The van der Waals surface area contributed by atoms with Gasteiger partial charge in [0.25, 0.3) is 0 Å². The van der Waals surface area contributed by atoms with Crippen molar-refractivity contribution in [3.63, 3.8) is 0 Å². The summed E-state index contributed by atoms with van der Waals surface area (Å²) in [6, 6.07) is 27.6. The number of urea groups is 2. The summed E-state index contributed by atoms with van der Waals surface area (Å²) in [7, 11) is 1.33. The number of anilines is 4. The Kier molecular flexibility index (Phi) is 17.1. The summed E-state index contributed by atoms with van der Waals surface area (Å²) in [6.07, 6.45) is -4.33. The van der Waals surface area contributed by atoms with E-state index in [1.807, 2.05) is 42.5 Å². The highest BCUT2D eigenvalue weighted by atomic mass is 19.4. The second-order valence-corrected chi connectivity index (χ2v) is 14.9. The molecule has 63 heavy (non-hydrogen) atoms. The van der Waals surface area contributed by atoms with Gasteiger partial charge in [0.2, 0.25) is 0 Å². The molecule has 18 heteroatoms. The van der Waals surface area contributed by atoms with E-state index >= 15 is 0 Å². The van der Waals surface area contributed by atoms with Crippen LogP contribution in [0.15, 0.2) is 122 Å². The lowest BCUT2D eigenvalue weighted by Crippen LogP contribution is -2.46. The first-order valence-corrected chi connectivity index (χ1v) is 20.2. The molecule has 0 aromatic heterocycles. The Morgan fingerprint density at radius 2 is 1.10 bits per heavy atom. The van der Waals surface area contributed by atoms with Gasteiger partial charge in [-0.3, -0.25) is 14.7 Å². The number of hydrogen-bond acceptors (Lipinski definition) is 7. The van der Waals surface area contributed by atoms with E-state index in [2.05, 4.69) is 31.6 Å². The molecule has 0 saturated carbocycles. The lowest BCUT2D eigenvalue weighted by Gasteiger charge is -2.35. The van der Waals surface area contributed by atoms with Crippen LogP contribution in [0.4, 0.5) is 63.5 Å². The van der Waals surface area contributed by atoms with Gasteiger partial charge in [0.1, 0.15) is 11.5 Å². The number of hydrogen-bond donors (Lipinski definition) is 2. The van der Waals surface area contributed by atoms with Crippen LogP contribution in [-0.4, -0.2) is 93.6 Å². The number of ether oxygens (including phenoxy) is 3. The van der Waals surface area contributed by atoms with Crippen LogP contribution in [0.2, 0.25) is 0 Å². The molecular formula is C45H50F6N6O6. The minimum atomic E-state index is -4.78. The number of carbonyl (C=O) groups is 3.